The largest absolute Gasteiger partial charge is 0.745 e. The average molecular weight is 209 g/mol. The molecule has 0 aromatic carbocycles. The van der Waals surface area contributed by atoms with Crippen LogP contribution in [-0.2, 0) is 24.1 Å². The summed E-state index contributed by atoms with van der Waals surface area (Å²) in [6.45, 7) is 13.0. The van der Waals surface area contributed by atoms with Gasteiger partial charge >= 0.3 is 0 Å². The van der Waals surface area contributed by atoms with Crippen LogP contribution in [0.3, 0.4) is 0 Å². The fourth-order valence-corrected chi connectivity index (χ4v) is 3.02. The van der Waals surface area contributed by atoms with Crippen LogP contribution in [0.5, 0.6) is 0 Å². The molecule has 0 unspecified atom stereocenters. The molecule has 68 valence electrons. The molecule has 0 rings (SSSR count). The zero-order valence-corrected chi connectivity index (χ0v) is 10.8. The Morgan fingerprint density at radius 3 is 1.09 bits per heavy atom. The van der Waals surface area contributed by atoms with Crippen LogP contribution in [0.2, 0.25) is 0 Å². The van der Waals surface area contributed by atoms with Crippen LogP contribution in [0, 0.1) is 0 Å². The van der Waals surface area contributed by atoms with E-state index in [9.17, 15) is 0 Å². The zero-order valence-electron chi connectivity index (χ0n) is 8.26. The van der Waals surface area contributed by atoms with Crippen LogP contribution >= 0.6 is 5.24 Å². The SMILES string of the molecule is CC(C)(C)P(=S)([S-])C(C)(C)C. The van der Waals surface area contributed by atoms with E-state index in [0.717, 1.165) is 0 Å². The maximum atomic E-state index is 5.54. The van der Waals surface area contributed by atoms with E-state index in [-0.39, 0.29) is 10.3 Å². The van der Waals surface area contributed by atoms with Gasteiger partial charge in [0.05, 0.1) is 0 Å². The first-order valence-electron chi connectivity index (χ1n) is 3.81. The first-order valence-corrected chi connectivity index (χ1v) is 7.63. The molecule has 0 aliphatic carbocycles. The Labute approximate surface area is 81.3 Å². The third-order valence-electron chi connectivity index (χ3n) is 1.77. The summed E-state index contributed by atoms with van der Waals surface area (Å²) < 4.78 is 0. The molecule has 11 heavy (non-hydrogen) atoms. The molecule has 0 atom stereocenters. The molecule has 0 radical (unpaired) electrons. The average Bonchev–Trinajstić information content (AvgIpc) is 1.58. The highest BCUT2D eigenvalue weighted by Gasteiger charge is 2.30. The summed E-state index contributed by atoms with van der Waals surface area (Å²) in [6.07, 6.45) is 0. The summed E-state index contributed by atoms with van der Waals surface area (Å²) in [5.41, 5.74) is 0. The zero-order chi connectivity index (χ0) is 9.50. The maximum Gasteiger partial charge on any atom is -0.0289 e. The van der Waals surface area contributed by atoms with Gasteiger partial charge in [-0.25, -0.2) is 0 Å². The standard InChI is InChI=1S/C8H19PS2/c1-7(2,3)9(10,11)8(4,5)6/h1-6H3,(H,10,11)/p-1. The van der Waals surface area contributed by atoms with Crippen LogP contribution in [0.4, 0.5) is 0 Å². The van der Waals surface area contributed by atoms with E-state index in [1.165, 1.54) is 0 Å². The van der Waals surface area contributed by atoms with E-state index in [2.05, 4.69) is 41.5 Å². The Kier molecular flexibility index (Phi) is 3.32. The molecule has 0 N–H and O–H groups in total. The summed E-state index contributed by atoms with van der Waals surface area (Å²) in [5.74, 6) is 0. The van der Waals surface area contributed by atoms with Gasteiger partial charge in [0.25, 0.3) is 0 Å². The van der Waals surface area contributed by atoms with Crippen molar-refractivity contribution in [3.63, 3.8) is 0 Å². The van der Waals surface area contributed by atoms with E-state index < -0.39 is 5.24 Å². The van der Waals surface area contributed by atoms with Crippen molar-refractivity contribution in [1.82, 2.24) is 0 Å². The molecule has 0 saturated carbocycles. The van der Waals surface area contributed by atoms with E-state index in [1.54, 1.807) is 0 Å². The fourth-order valence-electron chi connectivity index (χ4n) is 1.01. The summed E-state index contributed by atoms with van der Waals surface area (Å²) in [7, 11) is 0. The maximum absolute atomic E-state index is 5.54. The Balaban J connectivity index is 4.92. The molecular weight excluding hydrogens is 191 g/mol. The van der Waals surface area contributed by atoms with Gasteiger partial charge in [0, 0.05) is 0 Å². The van der Waals surface area contributed by atoms with Gasteiger partial charge in [0.1, 0.15) is 0 Å². The van der Waals surface area contributed by atoms with E-state index in [0.29, 0.717) is 0 Å². The molecule has 0 spiro atoms. The van der Waals surface area contributed by atoms with Gasteiger partial charge < -0.3 is 12.2 Å². The Bertz CT molecular complexity index is 165. The Morgan fingerprint density at radius 2 is 1.09 bits per heavy atom. The van der Waals surface area contributed by atoms with Crippen molar-refractivity contribution < 1.29 is 0 Å². The van der Waals surface area contributed by atoms with Gasteiger partial charge in [-0.15, -0.1) is 11.8 Å². The normalized spacial score (nSPS) is 15.2. The van der Waals surface area contributed by atoms with Gasteiger partial charge in [-0.3, -0.25) is 0 Å². The minimum atomic E-state index is -1.64. The molecule has 0 amide bonds. The molecule has 0 aromatic heterocycles. The van der Waals surface area contributed by atoms with Crippen LogP contribution in [-0.4, -0.2) is 10.3 Å². The van der Waals surface area contributed by atoms with Crippen molar-refractivity contribution in [1.29, 1.82) is 0 Å². The minimum absolute atomic E-state index is 0.121. The predicted molar refractivity (Wildman–Crippen MR) is 61.2 cm³/mol. The first-order chi connectivity index (χ1) is 4.50. The molecule has 0 saturated heterocycles. The summed E-state index contributed by atoms with van der Waals surface area (Å²) in [6, 6.07) is 0. The molecule has 0 aliphatic rings. The Hall–Kier alpha value is 1.00. The number of hydrogen-bond acceptors (Lipinski definition) is 2. The van der Waals surface area contributed by atoms with Gasteiger partial charge in [-0.2, -0.15) is 5.24 Å². The highest BCUT2D eigenvalue weighted by molar-refractivity contribution is 8.56. The smallest absolute Gasteiger partial charge is 0.0289 e. The second-order valence-corrected chi connectivity index (χ2v) is 12.7. The summed E-state index contributed by atoms with van der Waals surface area (Å²) >= 11 is 11.1. The monoisotopic (exact) mass is 209 g/mol. The molecule has 0 heterocycles. The van der Waals surface area contributed by atoms with Crippen LogP contribution in [0.15, 0.2) is 0 Å². The quantitative estimate of drug-likeness (QED) is 0.442. The van der Waals surface area contributed by atoms with Crippen LogP contribution in [0.25, 0.3) is 0 Å². The predicted octanol–water partition coefficient (Wildman–Crippen LogP) is 3.52. The van der Waals surface area contributed by atoms with Gasteiger partial charge in [0.2, 0.25) is 0 Å². The van der Waals surface area contributed by atoms with Crippen molar-refractivity contribution in [3.8, 4) is 0 Å². The van der Waals surface area contributed by atoms with Crippen LogP contribution < -0.4 is 0 Å². The topological polar surface area (TPSA) is 0 Å². The van der Waals surface area contributed by atoms with E-state index >= 15 is 0 Å². The Morgan fingerprint density at radius 1 is 0.909 bits per heavy atom. The molecule has 0 nitrogen and oxygen atoms in total. The third-order valence-corrected chi connectivity index (χ3v) is 11.9. The van der Waals surface area contributed by atoms with Gasteiger partial charge in [0.15, 0.2) is 0 Å². The molecule has 0 fully saturated rings. The number of hydrogen-bond donors (Lipinski definition) is 0. The van der Waals surface area contributed by atoms with Gasteiger partial charge in [-0.05, 0) is 10.3 Å². The first kappa shape index (κ1) is 12.0. The van der Waals surface area contributed by atoms with E-state index in [4.69, 9.17) is 24.1 Å². The van der Waals surface area contributed by atoms with E-state index in [1.807, 2.05) is 0 Å². The van der Waals surface area contributed by atoms with Crippen molar-refractivity contribution in [2.75, 3.05) is 0 Å². The van der Waals surface area contributed by atoms with Crippen LogP contribution in [0.1, 0.15) is 41.5 Å². The summed E-state index contributed by atoms with van der Waals surface area (Å²) in [5, 5.41) is -1.40. The lowest BCUT2D eigenvalue weighted by molar-refractivity contribution is 0.719. The lowest BCUT2D eigenvalue weighted by atomic mass is 10.2. The fraction of sp³-hybridized carbons (Fsp3) is 1.00. The van der Waals surface area contributed by atoms with Crippen molar-refractivity contribution in [2.24, 2.45) is 0 Å². The second-order valence-electron chi connectivity index (χ2n) is 4.89. The number of rotatable bonds is 0. The summed E-state index contributed by atoms with van der Waals surface area (Å²) in [4.78, 5) is 0. The molecule has 0 aliphatic heterocycles. The van der Waals surface area contributed by atoms with Crippen molar-refractivity contribution >= 4 is 29.3 Å². The molecular formula is C8H18PS2-. The third kappa shape index (κ3) is 2.47. The minimum Gasteiger partial charge on any atom is -0.745 e. The molecule has 0 aromatic rings. The molecule has 3 heteroatoms. The highest BCUT2D eigenvalue weighted by Crippen LogP contribution is 2.65. The second kappa shape index (κ2) is 3.05. The molecule has 0 bridgehead atoms. The lowest BCUT2D eigenvalue weighted by Gasteiger charge is -2.51. The van der Waals surface area contributed by atoms with Crippen molar-refractivity contribution in [2.45, 2.75) is 51.9 Å². The highest BCUT2D eigenvalue weighted by atomic mass is 32.9. The van der Waals surface area contributed by atoms with Gasteiger partial charge in [-0.1, -0.05) is 41.5 Å². The lowest BCUT2D eigenvalue weighted by Crippen LogP contribution is -2.26. The van der Waals surface area contributed by atoms with Crippen molar-refractivity contribution in [3.05, 3.63) is 0 Å².